The highest BCUT2D eigenvalue weighted by Crippen LogP contribution is 2.35. The number of piperazine rings is 1. The zero-order chi connectivity index (χ0) is 27.4. The van der Waals surface area contributed by atoms with Crippen LogP contribution in [0.5, 0.6) is 11.5 Å². The number of rotatable bonds is 8. The fourth-order valence-electron chi connectivity index (χ4n) is 4.97. The maximum absolute atomic E-state index is 12.8. The molecule has 4 aromatic rings. The lowest BCUT2D eigenvalue weighted by molar-refractivity contribution is -0.140. The summed E-state index contributed by atoms with van der Waals surface area (Å²) < 4.78 is 16.3. The quantitative estimate of drug-likeness (QED) is 0.340. The fraction of sp³-hybridized carbons (Fsp3) is 0.300. The van der Waals surface area contributed by atoms with E-state index in [0.29, 0.717) is 17.9 Å². The van der Waals surface area contributed by atoms with Crippen LogP contribution in [0, 0.1) is 0 Å². The van der Waals surface area contributed by atoms with Crippen molar-refractivity contribution in [1.29, 1.82) is 0 Å². The SMILES string of the molecule is COC(=O)CC(c1ccc2ncccc2c1)c1oc(CN2CCN(c3ccc(OC)cc3)CC2)cc(=O)c1O. The van der Waals surface area contributed by atoms with Gasteiger partial charge >= 0.3 is 5.97 Å². The van der Waals surface area contributed by atoms with Crippen molar-refractivity contribution in [2.24, 2.45) is 0 Å². The molecule has 2 aromatic carbocycles. The largest absolute Gasteiger partial charge is 0.502 e. The van der Waals surface area contributed by atoms with Crippen molar-refractivity contribution < 1.29 is 23.8 Å². The van der Waals surface area contributed by atoms with Gasteiger partial charge in [0.1, 0.15) is 11.5 Å². The predicted molar refractivity (Wildman–Crippen MR) is 147 cm³/mol. The minimum absolute atomic E-state index is 0.0583. The molecule has 3 heterocycles. The summed E-state index contributed by atoms with van der Waals surface area (Å²) in [7, 11) is 2.96. The number of hydrogen-bond donors (Lipinski definition) is 1. The van der Waals surface area contributed by atoms with Gasteiger partial charge in [-0.25, -0.2) is 0 Å². The molecule has 2 aromatic heterocycles. The Morgan fingerprint density at radius 2 is 1.82 bits per heavy atom. The highest BCUT2D eigenvalue weighted by Gasteiger charge is 2.27. The Kier molecular flexibility index (Phi) is 7.79. The second-order valence-corrected chi connectivity index (χ2v) is 9.54. The van der Waals surface area contributed by atoms with Crippen molar-refractivity contribution in [3.63, 3.8) is 0 Å². The zero-order valence-corrected chi connectivity index (χ0v) is 22.0. The topological polar surface area (TPSA) is 105 Å². The van der Waals surface area contributed by atoms with Gasteiger partial charge in [0.15, 0.2) is 5.76 Å². The van der Waals surface area contributed by atoms with E-state index in [1.165, 1.54) is 13.2 Å². The highest BCUT2D eigenvalue weighted by molar-refractivity contribution is 5.80. The standard InChI is InChI=1S/C30H31N3O6/c1-37-23-8-6-22(7-9-23)33-14-12-32(13-15-33)19-24-17-27(34)29(36)30(39-24)25(18-28(35)38-2)20-5-10-26-21(16-20)4-3-11-31-26/h3-11,16-17,25,36H,12-15,18-19H2,1-2H3. The van der Waals surface area contributed by atoms with Gasteiger partial charge < -0.3 is 23.9 Å². The molecule has 1 fully saturated rings. The molecule has 0 bridgehead atoms. The maximum Gasteiger partial charge on any atom is 0.306 e. The third-order valence-corrected chi connectivity index (χ3v) is 7.13. The number of carbonyl (C=O) groups is 1. The van der Waals surface area contributed by atoms with E-state index in [1.807, 2.05) is 54.6 Å². The minimum Gasteiger partial charge on any atom is -0.502 e. The van der Waals surface area contributed by atoms with Gasteiger partial charge in [0.05, 0.1) is 38.6 Å². The second kappa shape index (κ2) is 11.6. The number of methoxy groups -OCH3 is 2. The number of pyridine rings is 1. The van der Waals surface area contributed by atoms with Crippen LogP contribution in [0.3, 0.4) is 0 Å². The number of anilines is 1. The molecule has 1 aliphatic heterocycles. The van der Waals surface area contributed by atoms with E-state index in [2.05, 4.69) is 14.8 Å². The molecule has 0 amide bonds. The molecule has 1 aliphatic rings. The summed E-state index contributed by atoms with van der Waals surface area (Å²) in [4.78, 5) is 34.0. The van der Waals surface area contributed by atoms with Crippen molar-refractivity contribution >= 4 is 22.6 Å². The van der Waals surface area contributed by atoms with E-state index in [0.717, 1.165) is 48.5 Å². The number of aromatic hydroxyl groups is 1. The third-order valence-electron chi connectivity index (χ3n) is 7.13. The Hall–Kier alpha value is -4.37. The minimum atomic E-state index is -0.707. The van der Waals surface area contributed by atoms with Crippen molar-refractivity contribution in [2.75, 3.05) is 45.3 Å². The molecule has 1 N–H and O–H groups in total. The summed E-state index contributed by atoms with van der Waals surface area (Å²) in [5.74, 6) is -0.370. The summed E-state index contributed by atoms with van der Waals surface area (Å²) >= 11 is 0. The lowest BCUT2D eigenvalue weighted by Gasteiger charge is -2.36. The maximum atomic E-state index is 12.8. The molecule has 9 nitrogen and oxygen atoms in total. The van der Waals surface area contributed by atoms with Crippen molar-refractivity contribution in [3.8, 4) is 11.5 Å². The number of esters is 1. The molecule has 39 heavy (non-hydrogen) atoms. The molecule has 1 atom stereocenters. The van der Waals surface area contributed by atoms with Crippen molar-refractivity contribution in [2.45, 2.75) is 18.9 Å². The Morgan fingerprint density at radius 1 is 1.05 bits per heavy atom. The van der Waals surface area contributed by atoms with Gasteiger partial charge in [0.25, 0.3) is 0 Å². The normalized spacial score (nSPS) is 14.8. The van der Waals surface area contributed by atoms with Crippen LogP contribution in [0.2, 0.25) is 0 Å². The van der Waals surface area contributed by atoms with Crippen LogP contribution in [-0.2, 0) is 16.1 Å². The van der Waals surface area contributed by atoms with Gasteiger partial charge in [-0.2, -0.15) is 0 Å². The van der Waals surface area contributed by atoms with Gasteiger partial charge in [-0.1, -0.05) is 12.1 Å². The van der Waals surface area contributed by atoms with Crippen molar-refractivity contribution in [3.05, 3.63) is 94.2 Å². The molecule has 1 unspecified atom stereocenters. The number of carbonyl (C=O) groups excluding carboxylic acids is 1. The number of benzene rings is 2. The smallest absolute Gasteiger partial charge is 0.306 e. The van der Waals surface area contributed by atoms with Gasteiger partial charge in [0, 0.05) is 49.5 Å². The van der Waals surface area contributed by atoms with E-state index in [4.69, 9.17) is 13.9 Å². The molecule has 0 spiro atoms. The molecule has 9 heteroatoms. The summed E-state index contributed by atoms with van der Waals surface area (Å²) in [5.41, 5.74) is 2.10. The fourth-order valence-corrected chi connectivity index (χ4v) is 4.97. The summed E-state index contributed by atoms with van der Waals surface area (Å²) in [5, 5.41) is 11.6. The molecule has 0 saturated carbocycles. The average Bonchev–Trinajstić information content (AvgIpc) is 2.98. The number of hydrogen-bond acceptors (Lipinski definition) is 9. The first-order chi connectivity index (χ1) is 18.9. The Bertz CT molecular complexity index is 1510. The number of aromatic nitrogens is 1. The second-order valence-electron chi connectivity index (χ2n) is 9.54. The lowest BCUT2D eigenvalue weighted by Crippen LogP contribution is -2.46. The summed E-state index contributed by atoms with van der Waals surface area (Å²) in [6.07, 6.45) is 1.61. The average molecular weight is 530 g/mol. The van der Waals surface area contributed by atoms with E-state index in [1.54, 1.807) is 13.3 Å². The highest BCUT2D eigenvalue weighted by atomic mass is 16.5. The molecule has 0 aliphatic carbocycles. The van der Waals surface area contributed by atoms with Crippen LogP contribution in [0.1, 0.15) is 29.4 Å². The van der Waals surface area contributed by atoms with Crippen molar-refractivity contribution in [1.82, 2.24) is 9.88 Å². The molecule has 5 rings (SSSR count). The van der Waals surface area contributed by atoms with Gasteiger partial charge in [-0.3, -0.25) is 19.5 Å². The molecular formula is C30H31N3O6. The van der Waals surface area contributed by atoms with Crippen LogP contribution < -0.4 is 15.1 Å². The summed E-state index contributed by atoms with van der Waals surface area (Å²) in [6, 6.07) is 18.6. The molecular weight excluding hydrogens is 498 g/mol. The van der Waals surface area contributed by atoms with E-state index >= 15 is 0 Å². The number of fused-ring (bicyclic) bond motifs is 1. The Morgan fingerprint density at radius 3 is 2.54 bits per heavy atom. The van der Waals surface area contributed by atoms with Gasteiger partial charge in [-0.05, 0) is 48.0 Å². The third kappa shape index (κ3) is 5.88. The van der Waals surface area contributed by atoms with Crippen LogP contribution >= 0.6 is 0 Å². The van der Waals surface area contributed by atoms with Crippen LogP contribution in [-0.4, -0.2) is 61.4 Å². The number of nitrogens with zero attached hydrogens (tertiary/aromatic N) is 3. The first-order valence-corrected chi connectivity index (χ1v) is 12.8. The monoisotopic (exact) mass is 529 g/mol. The van der Waals surface area contributed by atoms with E-state index < -0.39 is 23.1 Å². The zero-order valence-electron chi connectivity index (χ0n) is 22.0. The Balaban J connectivity index is 1.38. The number of ether oxygens (including phenoxy) is 2. The molecule has 202 valence electrons. The molecule has 1 saturated heterocycles. The van der Waals surface area contributed by atoms with Crippen LogP contribution in [0.4, 0.5) is 5.69 Å². The lowest BCUT2D eigenvalue weighted by atomic mass is 9.91. The first kappa shape index (κ1) is 26.2. The van der Waals surface area contributed by atoms with Gasteiger partial charge in [-0.15, -0.1) is 0 Å². The van der Waals surface area contributed by atoms with Gasteiger partial charge in [0.2, 0.25) is 11.2 Å². The van der Waals surface area contributed by atoms with E-state index in [-0.39, 0.29) is 12.2 Å². The Labute approximate surface area is 226 Å². The predicted octanol–water partition coefficient (Wildman–Crippen LogP) is 3.92. The van der Waals surface area contributed by atoms with Crippen LogP contribution in [0.15, 0.2) is 76.1 Å². The molecule has 0 radical (unpaired) electrons. The summed E-state index contributed by atoms with van der Waals surface area (Å²) in [6.45, 7) is 3.59. The van der Waals surface area contributed by atoms with E-state index in [9.17, 15) is 14.7 Å². The first-order valence-electron chi connectivity index (χ1n) is 12.8. The van der Waals surface area contributed by atoms with Crippen LogP contribution in [0.25, 0.3) is 10.9 Å².